The Morgan fingerprint density at radius 1 is 1.09 bits per heavy atom. The molecular formula is C36H54N4O6. The number of hydrogen-bond acceptors (Lipinski definition) is 9. The number of esters is 1. The molecule has 2 aliphatic heterocycles. The average molecular weight is 639 g/mol. The molecular weight excluding hydrogens is 584 g/mol. The van der Waals surface area contributed by atoms with Crippen LogP contribution in [0.4, 0.5) is 4.79 Å². The van der Waals surface area contributed by atoms with E-state index < -0.39 is 36.0 Å². The summed E-state index contributed by atoms with van der Waals surface area (Å²) in [7, 11) is 0. The molecule has 4 rings (SSSR count). The maximum absolute atomic E-state index is 13.4. The van der Waals surface area contributed by atoms with E-state index in [-0.39, 0.29) is 31.1 Å². The molecule has 10 heteroatoms. The fraction of sp³-hybridized carbons (Fsp3) is 0.667. The third kappa shape index (κ3) is 10.5. The Hall–Kier alpha value is -3.08. The number of carbonyl (C=O) groups excluding carboxylic acids is 2. The topological polar surface area (TPSA) is 125 Å². The fourth-order valence-corrected chi connectivity index (χ4v) is 6.63. The number of aliphatic hydroxyl groups excluding tert-OH is 1. The van der Waals surface area contributed by atoms with Gasteiger partial charge in [-0.25, -0.2) is 14.8 Å². The molecule has 1 aromatic rings. The van der Waals surface area contributed by atoms with E-state index >= 15 is 0 Å². The molecule has 254 valence electrons. The number of ether oxygens (including phenoxy) is 2. The van der Waals surface area contributed by atoms with Gasteiger partial charge >= 0.3 is 12.1 Å². The van der Waals surface area contributed by atoms with E-state index in [2.05, 4.69) is 14.9 Å². The third-order valence-electron chi connectivity index (χ3n) is 9.67. The van der Waals surface area contributed by atoms with Crippen molar-refractivity contribution in [2.45, 2.75) is 121 Å². The molecule has 0 aromatic carbocycles. The quantitative estimate of drug-likeness (QED) is 0.184. The number of cyclic esters (lactones) is 1. The second-order valence-electron chi connectivity index (χ2n) is 13.6. The van der Waals surface area contributed by atoms with E-state index in [1.807, 2.05) is 45.1 Å². The Morgan fingerprint density at radius 2 is 1.76 bits per heavy atom. The largest absolute Gasteiger partial charge is 0.457 e. The van der Waals surface area contributed by atoms with Gasteiger partial charge in [-0.2, -0.15) is 0 Å². The van der Waals surface area contributed by atoms with Gasteiger partial charge in [0.05, 0.1) is 12.5 Å². The van der Waals surface area contributed by atoms with Gasteiger partial charge in [0.2, 0.25) is 0 Å². The van der Waals surface area contributed by atoms with E-state index in [4.69, 9.17) is 9.47 Å². The van der Waals surface area contributed by atoms with Gasteiger partial charge in [-0.15, -0.1) is 0 Å². The number of piperazine rings is 1. The molecule has 3 heterocycles. The van der Waals surface area contributed by atoms with Gasteiger partial charge in [0.1, 0.15) is 17.5 Å². The number of nitrogens with zero attached hydrogens (tertiary/aromatic N) is 4. The minimum Gasteiger partial charge on any atom is -0.457 e. The van der Waals surface area contributed by atoms with E-state index in [1.54, 1.807) is 36.4 Å². The zero-order valence-corrected chi connectivity index (χ0v) is 28.1. The van der Waals surface area contributed by atoms with Crippen LogP contribution < -0.4 is 0 Å². The highest BCUT2D eigenvalue weighted by atomic mass is 16.6. The number of carbonyl (C=O) groups is 2. The summed E-state index contributed by atoms with van der Waals surface area (Å²) in [5.74, 6) is -0.109. The van der Waals surface area contributed by atoms with Crippen LogP contribution in [-0.4, -0.2) is 98.2 Å². The molecule has 2 fully saturated rings. The summed E-state index contributed by atoms with van der Waals surface area (Å²) in [6.07, 6.45) is 17.5. The SMILES string of the molecule is C/C(=C\C=C\C(C)c1ncccn1)[C@H]1OC(=O)C[C@@H](O)CC[C@](C)(O)[C@H](OC(=O)N2CCN(C3CCCCCC3)CC2)/C=C/[C@@H]1C. The van der Waals surface area contributed by atoms with Crippen LogP contribution in [0, 0.1) is 5.92 Å². The Labute approximate surface area is 274 Å². The number of aliphatic hydroxyl groups is 2. The summed E-state index contributed by atoms with van der Waals surface area (Å²) >= 11 is 0. The monoisotopic (exact) mass is 638 g/mol. The van der Waals surface area contributed by atoms with E-state index in [0.29, 0.717) is 25.0 Å². The minimum atomic E-state index is -1.45. The second-order valence-corrected chi connectivity index (χ2v) is 13.6. The van der Waals surface area contributed by atoms with Crippen molar-refractivity contribution < 1.29 is 29.3 Å². The first kappa shape index (κ1) is 35.8. The Morgan fingerprint density at radius 3 is 2.43 bits per heavy atom. The second kappa shape index (κ2) is 17.2. The maximum atomic E-state index is 13.4. The molecule has 2 N–H and O–H groups in total. The minimum absolute atomic E-state index is 0.00552. The van der Waals surface area contributed by atoms with E-state index in [9.17, 15) is 19.8 Å². The van der Waals surface area contributed by atoms with Crippen molar-refractivity contribution in [2.75, 3.05) is 26.2 Å². The van der Waals surface area contributed by atoms with Gasteiger partial charge in [-0.3, -0.25) is 9.69 Å². The van der Waals surface area contributed by atoms with Crippen molar-refractivity contribution in [3.8, 4) is 0 Å². The lowest BCUT2D eigenvalue weighted by atomic mass is 9.88. The van der Waals surface area contributed by atoms with E-state index in [1.165, 1.54) is 38.5 Å². The number of hydrogen-bond donors (Lipinski definition) is 2. The zero-order chi connectivity index (χ0) is 33.1. The highest BCUT2D eigenvalue weighted by Gasteiger charge is 2.37. The summed E-state index contributed by atoms with van der Waals surface area (Å²) in [5.41, 5.74) is -0.641. The molecule has 3 aliphatic rings. The van der Waals surface area contributed by atoms with Crippen molar-refractivity contribution in [1.82, 2.24) is 19.8 Å². The predicted octanol–water partition coefficient (Wildman–Crippen LogP) is 5.33. The van der Waals surface area contributed by atoms with Crippen LogP contribution in [-0.2, 0) is 14.3 Å². The van der Waals surface area contributed by atoms with Crippen LogP contribution in [0.3, 0.4) is 0 Å². The Balaban J connectivity index is 1.45. The molecule has 46 heavy (non-hydrogen) atoms. The zero-order valence-electron chi connectivity index (χ0n) is 28.1. The number of aromatic nitrogens is 2. The molecule has 0 radical (unpaired) electrons. The molecule has 1 amide bonds. The van der Waals surface area contributed by atoms with Crippen LogP contribution in [0.1, 0.15) is 97.2 Å². The smallest absolute Gasteiger partial charge is 0.410 e. The summed E-state index contributed by atoms with van der Waals surface area (Å²) in [5, 5.41) is 22.1. The molecule has 1 aromatic heterocycles. The molecule has 1 saturated carbocycles. The standard InChI is InChI=1S/C36H54N4O6/c1-26(11-9-12-28(3)34-37-19-10-20-38-34)33-27(2)15-16-31(36(4,44)18-17-30(41)25-32(42)46-33)45-35(43)40-23-21-39(22-24-40)29-13-7-5-6-8-14-29/h9-12,15-16,19-20,27-31,33,41,44H,5-8,13-14,17-18,21-25H2,1-4H3/b12-9+,16-15+,26-11+/t27-,28?,30-,31+,33+,36-/m0/s1. The average Bonchev–Trinajstić information content (AvgIpc) is 3.34. The molecule has 10 nitrogen and oxygen atoms in total. The number of allylic oxidation sites excluding steroid dienone is 3. The van der Waals surface area contributed by atoms with Crippen molar-refractivity contribution in [3.05, 3.63) is 60.2 Å². The summed E-state index contributed by atoms with van der Waals surface area (Å²) < 4.78 is 11.9. The fourth-order valence-electron chi connectivity index (χ4n) is 6.63. The molecule has 1 unspecified atom stereocenters. The van der Waals surface area contributed by atoms with Gasteiger partial charge in [-0.1, -0.05) is 63.8 Å². The molecule has 0 spiro atoms. The normalized spacial score (nSPS) is 31.3. The van der Waals surface area contributed by atoms with Crippen molar-refractivity contribution >= 4 is 12.1 Å². The summed E-state index contributed by atoms with van der Waals surface area (Å²) in [6.45, 7) is 10.3. The Bertz CT molecular complexity index is 1200. The summed E-state index contributed by atoms with van der Waals surface area (Å²) in [4.78, 5) is 39.1. The van der Waals surface area contributed by atoms with Crippen molar-refractivity contribution in [1.29, 1.82) is 0 Å². The highest BCUT2D eigenvalue weighted by Crippen LogP contribution is 2.28. The number of rotatable bonds is 6. The lowest BCUT2D eigenvalue weighted by Crippen LogP contribution is -2.53. The molecule has 1 aliphatic carbocycles. The van der Waals surface area contributed by atoms with Crippen molar-refractivity contribution in [2.24, 2.45) is 5.92 Å². The first-order valence-corrected chi connectivity index (χ1v) is 17.1. The first-order chi connectivity index (χ1) is 22.0. The number of amides is 1. The van der Waals surface area contributed by atoms with Crippen LogP contribution in [0.5, 0.6) is 0 Å². The van der Waals surface area contributed by atoms with Crippen LogP contribution >= 0.6 is 0 Å². The highest BCUT2D eigenvalue weighted by molar-refractivity contribution is 5.70. The lowest BCUT2D eigenvalue weighted by molar-refractivity contribution is -0.151. The van der Waals surface area contributed by atoms with Gasteiger partial charge in [0.15, 0.2) is 6.10 Å². The Kier molecular flexibility index (Phi) is 13.4. The maximum Gasteiger partial charge on any atom is 0.410 e. The summed E-state index contributed by atoms with van der Waals surface area (Å²) in [6, 6.07) is 2.37. The first-order valence-electron chi connectivity index (χ1n) is 17.1. The molecule has 1 saturated heterocycles. The third-order valence-corrected chi connectivity index (χ3v) is 9.67. The predicted molar refractivity (Wildman–Crippen MR) is 177 cm³/mol. The van der Waals surface area contributed by atoms with Crippen molar-refractivity contribution in [3.63, 3.8) is 0 Å². The van der Waals surface area contributed by atoms with Gasteiger partial charge in [0, 0.05) is 56.5 Å². The molecule has 0 bridgehead atoms. The van der Waals surface area contributed by atoms with Crippen LogP contribution in [0.2, 0.25) is 0 Å². The van der Waals surface area contributed by atoms with E-state index in [0.717, 1.165) is 18.7 Å². The lowest BCUT2D eigenvalue weighted by Gasteiger charge is -2.40. The van der Waals surface area contributed by atoms with Crippen LogP contribution in [0.15, 0.2) is 54.4 Å². The van der Waals surface area contributed by atoms with Gasteiger partial charge in [-0.05, 0) is 57.2 Å². The molecule has 6 atom stereocenters. The van der Waals surface area contributed by atoms with Gasteiger partial charge in [0.25, 0.3) is 0 Å². The van der Waals surface area contributed by atoms with Gasteiger partial charge < -0.3 is 24.6 Å². The van der Waals surface area contributed by atoms with Crippen LogP contribution in [0.25, 0.3) is 0 Å².